The zero-order chi connectivity index (χ0) is 14.7. The standard InChI is InChI=1S/C13H16O6S/c1-20(17,18)6-11-13-5-7(14)2-3-8(13)10(15)4-9(13)12(16)19-11/h8-9,11H,2-6H2,1H3. The number of ether oxygens (including phenoxy) is 1. The Balaban J connectivity index is 2.06. The monoisotopic (exact) mass is 300 g/mol. The molecule has 2 saturated carbocycles. The largest absolute Gasteiger partial charge is 0.460 e. The molecule has 4 unspecified atom stereocenters. The van der Waals surface area contributed by atoms with Crippen LogP contribution >= 0.6 is 0 Å². The van der Waals surface area contributed by atoms with E-state index in [9.17, 15) is 22.8 Å². The SMILES string of the molecule is CS(=O)(=O)CC1OC(=O)C2CC(=O)C3CCC(=O)CC132. The molecule has 0 aromatic heterocycles. The highest BCUT2D eigenvalue weighted by molar-refractivity contribution is 7.90. The number of carbonyl (C=O) groups excluding carboxylic acids is 3. The first kappa shape index (κ1) is 13.7. The third-order valence-electron chi connectivity index (χ3n) is 4.90. The zero-order valence-electron chi connectivity index (χ0n) is 11.1. The van der Waals surface area contributed by atoms with Crippen LogP contribution in [0.25, 0.3) is 0 Å². The molecule has 2 aliphatic carbocycles. The molecule has 6 nitrogen and oxygen atoms in total. The van der Waals surface area contributed by atoms with E-state index in [0.717, 1.165) is 6.26 Å². The molecule has 0 aromatic rings. The van der Waals surface area contributed by atoms with Crippen molar-refractivity contribution in [1.29, 1.82) is 0 Å². The van der Waals surface area contributed by atoms with Gasteiger partial charge in [-0.05, 0) is 6.42 Å². The zero-order valence-corrected chi connectivity index (χ0v) is 11.9. The molecular formula is C13H16O6S. The predicted octanol–water partition coefficient (Wildman–Crippen LogP) is -0.0990. The highest BCUT2D eigenvalue weighted by Gasteiger charge is 2.68. The number of sulfone groups is 1. The van der Waals surface area contributed by atoms with Gasteiger partial charge in [0.05, 0.1) is 11.7 Å². The lowest BCUT2D eigenvalue weighted by Crippen LogP contribution is -2.47. The molecule has 0 bridgehead atoms. The van der Waals surface area contributed by atoms with Crippen LogP contribution in [-0.4, -0.2) is 44.1 Å². The van der Waals surface area contributed by atoms with Crippen molar-refractivity contribution in [2.24, 2.45) is 17.3 Å². The summed E-state index contributed by atoms with van der Waals surface area (Å²) in [4.78, 5) is 35.9. The molecule has 0 aromatic carbocycles. The molecule has 4 atom stereocenters. The van der Waals surface area contributed by atoms with Crippen molar-refractivity contribution in [2.45, 2.75) is 31.8 Å². The molecule has 1 aliphatic heterocycles. The lowest BCUT2D eigenvalue weighted by Gasteiger charge is -2.39. The van der Waals surface area contributed by atoms with E-state index in [-0.39, 0.29) is 30.2 Å². The summed E-state index contributed by atoms with van der Waals surface area (Å²) in [6, 6.07) is 0. The van der Waals surface area contributed by atoms with Gasteiger partial charge in [-0.2, -0.15) is 0 Å². The maximum absolute atomic E-state index is 12.1. The van der Waals surface area contributed by atoms with E-state index in [0.29, 0.717) is 12.8 Å². The summed E-state index contributed by atoms with van der Waals surface area (Å²) in [5, 5.41) is 0. The summed E-state index contributed by atoms with van der Waals surface area (Å²) < 4.78 is 28.3. The van der Waals surface area contributed by atoms with Gasteiger partial charge >= 0.3 is 5.97 Å². The predicted molar refractivity (Wildman–Crippen MR) is 67.5 cm³/mol. The van der Waals surface area contributed by atoms with Gasteiger partial charge in [-0.15, -0.1) is 0 Å². The van der Waals surface area contributed by atoms with Crippen LogP contribution in [0.4, 0.5) is 0 Å². The Morgan fingerprint density at radius 3 is 2.60 bits per heavy atom. The number of rotatable bonds is 2. The van der Waals surface area contributed by atoms with Gasteiger partial charge in [0.25, 0.3) is 0 Å². The Kier molecular flexibility index (Phi) is 2.83. The molecule has 1 spiro atoms. The number of esters is 1. The van der Waals surface area contributed by atoms with E-state index in [1.165, 1.54) is 0 Å². The Labute approximate surface area is 116 Å². The molecule has 1 heterocycles. The van der Waals surface area contributed by atoms with Crippen molar-refractivity contribution in [2.75, 3.05) is 12.0 Å². The second kappa shape index (κ2) is 4.13. The molecule has 0 radical (unpaired) electrons. The van der Waals surface area contributed by atoms with Crippen molar-refractivity contribution in [3.05, 3.63) is 0 Å². The van der Waals surface area contributed by atoms with Crippen LogP contribution in [0.15, 0.2) is 0 Å². The third kappa shape index (κ3) is 1.82. The van der Waals surface area contributed by atoms with Crippen molar-refractivity contribution < 1.29 is 27.5 Å². The highest BCUT2D eigenvalue weighted by atomic mass is 32.2. The van der Waals surface area contributed by atoms with Crippen LogP contribution < -0.4 is 0 Å². The summed E-state index contributed by atoms with van der Waals surface area (Å²) in [6.45, 7) is 0. The van der Waals surface area contributed by atoms with E-state index in [1.807, 2.05) is 0 Å². The van der Waals surface area contributed by atoms with Gasteiger partial charge in [-0.25, -0.2) is 8.42 Å². The molecule has 7 heteroatoms. The molecule has 3 rings (SSSR count). The van der Waals surface area contributed by atoms with Gasteiger partial charge in [0.1, 0.15) is 17.7 Å². The normalized spacial score (nSPS) is 40.5. The van der Waals surface area contributed by atoms with Crippen LogP contribution in [-0.2, 0) is 29.0 Å². The Morgan fingerprint density at radius 1 is 1.25 bits per heavy atom. The second-order valence-electron chi connectivity index (χ2n) is 6.16. The molecule has 3 fully saturated rings. The van der Waals surface area contributed by atoms with E-state index in [2.05, 4.69) is 0 Å². The van der Waals surface area contributed by atoms with Gasteiger partial charge in [0.15, 0.2) is 9.84 Å². The summed E-state index contributed by atoms with van der Waals surface area (Å²) >= 11 is 0. The van der Waals surface area contributed by atoms with E-state index < -0.39 is 39.2 Å². The lowest BCUT2D eigenvalue weighted by molar-refractivity contribution is -0.146. The average molecular weight is 300 g/mol. The Morgan fingerprint density at radius 2 is 1.95 bits per heavy atom. The molecule has 0 N–H and O–H groups in total. The van der Waals surface area contributed by atoms with Crippen LogP contribution in [0, 0.1) is 17.3 Å². The molecule has 110 valence electrons. The lowest BCUT2D eigenvalue weighted by atomic mass is 9.62. The minimum Gasteiger partial charge on any atom is -0.460 e. The first-order valence-corrected chi connectivity index (χ1v) is 8.73. The number of ketones is 2. The molecule has 0 amide bonds. The summed E-state index contributed by atoms with van der Waals surface area (Å²) in [5.41, 5.74) is -0.910. The molecule has 1 saturated heterocycles. The van der Waals surface area contributed by atoms with Gasteiger partial charge in [-0.1, -0.05) is 0 Å². The number of cyclic esters (lactones) is 1. The topological polar surface area (TPSA) is 94.6 Å². The number of hydrogen-bond donors (Lipinski definition) is 0. The fourth-order valence-corrected chi connectivity index (χ4v) is 5.08. The first-order chi connectivity index (χ1) is 9.24. The van der Waals surface area contributed by atoms with Gasteiger partial charge in [-0.3, -0.25) is 14.4 Å². The Hall–Kier alpha value is -1.24. The smallest absolute Gasteiger partial charge is 0.310 e. The number of Topliss-reactive ketones (excluding diaryl/α,β-unsaturated/α-hetero) is 2. The van der Waals surface area contributed by atoms with E-state index in [1.54, 1.807) is 0 Å². The fourth-order valence-electron chi connectivity index (χ4n) is 4.15. The highest BCUT2D eigenvalue weighted by Crippen LogP contribution is 2.59. The average Bonchev–Trinajstić information content (AvgIpc) is 2.71. The number of hydrogen-bond acceptors (Lipinski definition) is 6. The van der Waals surface area contributed by atoms with Crippen molar-refractivity contribution in [1.82, 2.24) is 0 Å². The molecule has 20 heavy (non-hydrogen) atoms. The van der Waals surface area contributed by atoms with Crippen LogP contribution in [0.1, 0.15) is 25.7 Å². The van der Waals surface area contributed by atoms with Crippen LogP contribution in [0.5, 0.6) is 0 Å². The first-order valence-electron chi connectivity index (χ1n) is 6.66. The van der Waals surface area contributed by atoms with E-state index >= 15 is 0 Å². The maximum Gasteiger partial charge on any atom is 0.310 e. The quantitative estimate of drug-likeness (QED) is 0.661. The van der Waals surface area contributed by atoms with Gasteiger partial charge in [0.2, 0.25) is 0 Å². The van der Waals surface area contributed by atoms with Crippen molar-refractivity contribution in [3.8, 4) is 0 Å². The van der Waals surface area contributed by atoms with Gasteiger partial charge < -0.3 is 4.74 Å². The fraction of sp³-hybridized carbons (Fsp3) is 0.769. The summed E-state index contributed by atoms with van der Waals surface area (Å²) in [6.07, 6.45) is 1.10. The third-order valence-corrected chi connectivity index (χ3v) is 5.81. The minimum absolute atomic E-state index is 0.0160. The van der Waals surface area contributed by atoms with Crippen molar-refractivity contribution in [3.63, 3.8) is 0 Å². The number of carbonyl (C=O) groups is 3. The van der Waals surface area contributed by atoms with Crippen LogP contribution in [0.3, 0.4) is 0 Å². The van der Waals surface area contributed by atoms with Gasteiger partial charge in [0, 0.05) is 36.9 Å². The summed E-state index contributed by atoms with van der Waals surface area (Å²) in [7, 11) is -3.36. The van der Waals surface area contributed by atoms with Crippen molar-refractivity contribution >= 4 is 27.4 Å². The molecular weight excluding hydrogens is 284 g/mol. The minimum atomic E-state index is -3.36. The second-order valence-corrected chi connectivity index (χ2v) is 8.34. The Bertz CT molecular complexity index is 606. The van der Waals surface area contributed by atoms with E-state index in [4.69, 9.17) is 4.74 Å². The molecule has 3 aliphatic rings. The van der Waals surface area contributed by atoms with Crippen LogP contribution in [0.2, 0.25) is 0 Å². The maximum atomic E-state index is 12.1. The summed E-state index contributed by atoms with van der Waals surface area (Å²) in [5.74, 6) is -1.94.